The lowest BCUT2D eigenvalue weighted by atomic mass is 10.2. The summed E-state index contributed by atoms with van der Waals surface area (Å²) in [7, 11) is 0. The number of rotatable bonds is 1. The van der Waals surface area contributed by atoms with Crippen molar-refractivity contribution < 1.29 is 4.79 Å². The van der Waals surface area contributed by atoms with Gasteiger partial charge in [0.05, 0.1) is 11.3 Å². The van der Waals surface area contributed by atoms with E-state index in [-0.39, 0.29) is 5.91 Å². The highest BCUT2D eigenvalue weighted by molar-refractivity contribution is 5.97. The molecule has 0 saturated heterocycles. The van der Waals surface area contributed by atoms with E-state index in [0.29, 0.717) is 22.9 Å². The number of hydrogen-bond acceptors (Lipinski definition) is 5. The third kappa shape index (κ3) is 1.83. The molecule has 3 heterocycles. The average Bonchev–Trinajstić information content (AvgIpc) is 2.87. The Morgan fingerprint density at radius 1 is 1.14 bits per heavy atom. The summed E-state index contributed by atoms with van der Waals surface area (Å²) in [5.74, 6) is 0.760. The third-order valence-electron chi connectivity index (χ3n) is 3.19. The second kappa shape index (κ2) is 4.41. The van der Waals surface area contributed by atoms with Crippen LogP contribution in [0.25, 0.3) is 23.2 Å². The Morgan fingerprint density at radius 2 is 2.00 bits per heavy atom. The standard InChI is InChI=1S/C14H10N6O/c21-13-10-8-15-14-17-12(9-4-2-1-3-5-9)19-20(14)11(10)6-7-16-18-13/h1-8,16H,(H,18,21). The van der Waals surface area contributed by atoms with Crippen LogP contribution in [0.1, 0.15) is 16.1 Å². The van der Waals surface area contributed by atoms with Gasteiger partial charge in [-0.1, -0.05) is 30.3 Å². The fraction of sp³-hybridized carbons (Fsp3) is 0. The molecule has 21 heavy (non-hydrogen) atoms. The van der Waals surface area contributed by atoms with Crippen molar-refractivity contribution in [3.63, 3.8) is 0 Å². The Labute approximate surface area is 119 Å². The van der Waals surface area contributed by atoms with E-state index in [2.05, 4.69) is 25.9 Å². The lowest BCUT2D eigenvalue weighted by Crippen LogP contribution is -2.32. The number of nitrogens with one attached hydrogen (secondary N) is 2. The largest absolute Gasteiger partial charge is 0.306 e. The molecule has 7 nitrogen and oxygen atoms in total. The zero-order valence-electron chi connectivity index (χ0n) is 10.8. The number of hydrazine groups is 1. The van der Waals surface area contributed by atoms with Gasteiger partial charge < -0.3 is 5.43 Å². The zero-order valence-corrected chi connectivity index (χ0v) is 10.8. The molecule has 1 aliphatic rings. The molecule has 0 bridgehead atoms. The van der Waals surface area contributed by atoms with Crippen LogP contribution in [0.2, 0.25) is 0 Å². The van der Waals surface area contributed by atoms with Gasteiger partial charge >= 0.3 is 0 Å². The normalized spacial score (nSPS) is 13.4. The molecule has 2 N–H and O–H groups in total. The van der Waals surface area contributed by atoms with Gasteiger partial charge in [-0.2, -0.15) is 9.50 Å². The van der Waals surface area contributed by atoms with Crippen LogP contribution < -0.4 is 10.9 Å². The summed E-state index contributed by atoms with van der Waals surface area (Å²) >= 11 is 0. The maximum atomic E-state index is 11.9. The van der Waals surface area contributed by atoms with Crippen molar-refractivity contribution in [2.45, 2.75) is 0 Å². The topological polar surface area (TPSA) is 84.2 Å². The lowest BCUT2D eigenvalue weighted by molar-refractivity contribution is 0.0941. The van der Waals surface area contributed by atoms with Gasteiger partial charge in [-0.25, -0.2) is 4.98 Å². The highest BCUT2D eigenvalue weighted by atomic mass is 16.2. The monoisotopic (exact) mass is 278 g/mol. The maximum absolute atomic E-state index is 11.9. The summed E-state index contributed by atoms with van der Waals surface area (Å²) in [5, 5.41) is 4.46. The van der Waals surface area contributed by atoms with E-state index >= 15 is 0 Å². The van der Waals surface area contributed by atoms with Gasteiger partial charge in [0.25, 0.3) is 11.7 Å². The Hall–Kier alpha value is -3.22. The number of nitrogens with zero attached hydrogens (tertiary/aromatic N) is 4. The van der Waals surface area contributed by atoms with Crippen LogP contribution in [0.3, 0.4) is 0 Å². The van der Waals surface area contributed by atoms with E-state index in [1.807, 2.05) is 30.3 Å². The highest BCUT2D eigenvalue weighted by Gasteiger charge is 2.18. The molecule has 102 valence electrons. The molecule has 0 atom stereocenters. The minimum atomic E-state index is -0.263. The second-order valence-corrected chi connectivity index (χ2v) is 4.50. The Kier molecular flexibility index (Phi) is 2.43. The van der Waals surface area contributed by atoms with Crippen molar-refractivity contribution in [3.8, 4) is 11.4 Å². The van der Waals surface area contributed by atoms with Crippen molar-refractivity contribution in [2.24, 2.45) is 0 Å². The fourth-order valence-electron chi connectivity index (χ4n) is 2.19. The van der Waals surface area contributed by atoms with Crippen molar-refractivity contribution in [1.82, 2.24) is 30.4 Å². The molecule has 0 radical (unpaired) electrons. The molecule has 0 unspecified atom stereocenters. The highest BCUT2D eigenvalue weighted by Crippen LogP contribution is 2.18. The predicted octanol–water partition coefficient (Wildman–Crippen LogP) is 1.01. The first-order valence-electron chi connectivity index (χ1n) is 6.36. The minimum absolute atomic E-state index is 0.263. The van der Waals surface area contributed by atoms with Gasteiger partial charge in [0, 0.05) is 18.0 Å². The molecule has 0 spiro atoms. The molecule has 3 aromatic rings. The maximum Gasteiger partial charge on any atom is 0.273 e. The fourth-order valence-corrected chi connectivity index (χ4v) is 2.19. The molecule has 1 aromatic carbocycles. The predicted molar refractivity (Wildman–Crippen MR) is 75.9 cm³/mol. The van der Waals surface area contributed by atoms with Crippen LogP contribution in [0.4, 0.5) is 0 Å². The summed E-state index contributed by atoms with van der Waals surface area (Å²) < 4.78 is 1.57. The molecule has 0 aliphatic carbocycles. The summed E-state index contributed by atoms with van der Waals surface area (Å²) in [6.45, 7) is 0. The van der Waals surface area contributed by atoms with Gasteiger partial charge in [0.2, 0.25) is 0 Å². The number of fused-ring (bicyclic) bond motifs is 3. The quantitative estimate of drug-likeness (QED) is 0.694. The first-order chi connectivity index (χ1) is 10.3. The SMILES string of the molecule is O=C1NNC=Cc2c1cnc1nc(-c3ccccc3)nn21. The lowest BCUT2D eigenvalue weighted by Gasteiger charge is -2.03. The first kappa shape index (κ1) is 11.6. The van der Waals surface area contributed by atoms with Crippen LogP contribution in [-0.2, 0) is 0 Å². The Morgan fingerprint density at radius 3 is 2.86 bits per heavy atom. The molecule has 4 rings (SSSR count). The second-order valence-electron chi connectivity index (χ2n) is 4.50. The average molecular weight is 278 g/mol. The molecular formula is C14H10N6O. The van der Waals surface area contributed by atoms with E-state index in [4.69, 9.17) is 0 Å². The summed E-state index contributed by atoms with van der Waals surface area (Å²) in [6, 6.07) is 9.63. The number of carbonyl (C=O) groups excluding carboxylic acids is 1. The van der Waals surface area contributed by atoms with Gasteiger partial charge in [0.15, 0.2) is 5.82 Å². The number of carbonyl (C=O) groups is 1. The summed E-state index contributed by atoms with van der Waals surface area (Å²) in [5.41, 5.74) is 7.18. The number of hydrogen-bond donors (Lipinski definition) is 2. The van der Waals surface area contributed by atoms with Gasteiger partial charge in [-0.3, -0.25) is 10.2 Å². The van der Waals surface area contributed by atoms with Gasteiger partial charge in [0.1, 0.15) is 0 Å². The minimum Gasteiger partial charge on any atom is -0.306 e. The van der Waals surface area contributed by atoms with Crippen molar-refractivity contribution in [2.75, 3.05) is 0 Å². The van der Waals surface area contributed by atoms with Crippen LogP contribution >= 0.6 is 0 Å². The number of aromatic nitrogens is 4. The van der Waals surface area contributed by atoms with Crippen LogP contribution in [0.5, 0.6) is 0 Å². The smallest absolute Gasteiger partial charge is 0.273 e. The molecule has 7 heteroatoms. The van der Waals surface area contributed by atoms with Crippen LogP contribution in [-0.4, -0.2) is 25.5 Å². The zero-order chi connectivity index (χ0) is 14.2. The van der Waals surface area contributed by atoms with E-state index in [1.165, 1.54) is 6.20 Å². The molecule has 2 aromatic heterocycles. The van der Waals surface area contributed by atoms with Crippen LogP contribution in [0.15, 0.2) is 42.7 Å². The van der Waals surface area contributed by atoms with E-state index in [0.717, 1.165) is 5.56 Å². The number of benzene rings is 1. The van der Waals surface area contributed by atoms with Crippen molar-refractivity contribution in [3.05, 3.63) is 54.0 Å². The Balaban J connectivity index is 1.96. The van der Waals surface area contributed by atoms with Crippen molar-refractivity contribution >= 4 is 17.8 Å². The third-order valence-corrected chi connectivity index (χ3v) is 3.19. The van der Waals surface area contributed by atoms with E-state index in [9.17, 15) is 4.79 Å². The summed E-state index contributed by atoms with van der Waals surface area (Å²) in [6.07, 6.45) is 4.89. The van der Waals surface area contributed by atoms with E-state index in [1.54, 1.807) is 16.8 Å². The first-order valence-corrected chi connectivity index (χ1v) is 6.36. The van der Waals surface area contributed by atoms with Crippen LogP contribution in [0, 0.1) is 0 Å². The van der Waals surface area contributed by atoms with E-state index < -0.39 is 0 Å². The number of amides is 1. The Bertz CT molecular complexity index is 868. The van der Waals surface area contributed by atoms with Gasteiger partial charge in [-0.15, -0.1) is 5.10 Å². The molecule has 1 aliphatic heterocycles. The molecular weight excluding hydrogens is 268 g/mol. The summed E-state index contributed by atoms with van der Waals surface area (Å²) in [4.78, 5) is 20.5. The molecule has 0 saturated carbocycles. The van der Waals surface area contributed by atoms with Gasteiger partial charge in [-0.05, 0) is 6.08 Å². The van der Waals surface area contributed by atoms with Crippen molar-refractivity contribution in [1.29, 1.82) is 0 Å². The molecule has 0 fully saturated rings. The molecule has 1 amide bonds.